The van der Waals surface area contributed by atoms with Crippen LogP contribution in [-0.4, -0.2) is 16.5 Å². The monoisotopic (exact) mass is 261 g/mol. The molecule has 1 aromatic carbocycles. The number of anilines is 1. The number of nitrogens with zero attached hydrogens (tertiary/aromatic N) is 2. The summed E-state index contributed by atoms with van der Waals surface area (Å²) in [6.07, 6.45) is 2.48. The van der Waals surface area contributed by atoms with Crippen molar-refractivity contribution in [2.75, 3.05) is 12.4 Å². The van der Waals surface area contributed by atoms with Gasteiger partial charge >= 0.3 is 0 Å². The number of nitrogens with one attached hydrogen (secondary N) is 1. The summed E-state index contributed by atoms with van der Waals surface area (Å²) in [6, 6.07) is 8.03. The van der Waals surface area contributed by atoms with Gasteiger partial charge < -0.3 is 10.1 Å². The normalized spacial score (nSPS) is 14.5. The second-order valence-electron chi connectivity index (χ2n) is 4.44. The highest BCUT2D eigenvalue weighted by atomic mass is 32.1. The number of aromatic nitrogens is 2. The van der Waals surface area contributed by atoms with E-state index in [1.54, 1.807) is 7.11 Å². The maximum absolute atomic E-state index is 5.20. The van der Waals surface area contributed by atoms with E-state index in [4.69, 9.17) is 4.74 Å². The van der Waals surface area contributed by atoms with Crippen molar-refractivity contribution < 1.29 is 4.74 Å². The molecule has 3 rings (SSSR count). The van der Waals surface area contributed by atoms with Gasteiger partial charge in [0.25, 0.3) is 0 Å². The first-order chi connectivity index (χ1) is 8.85. The Bertz CT molecular complexity index is 537. The SMILES string of the molecule is COc1cccc(CNc2nc(C3CC3)ns2)c1. The Kier molecular flexibility index (Phi) is 3.15. The van der Waals surface area contributed by atoms with Gasteiger partial charge in [0.2, 0.25) is 5.13 Å². The first kappa shape index (κ1) is 11.5. The molecule has 1 N–H and O–H groups in total. The number of rotatable bonds is 5. The molecule has 0 saturated heterocycles. The van der Waals surface area contributed by atoms with Crippen molar-refractivity contribution in [3.63, 3.8) is 0 Å². The van der Waals surface area contributed by atoms with Gasteiger partial charge in [0.15, 0.2) is 0 Å². The van der Waals surface area contributed by atoms with E-state index in [9.17, 15) is 0 Å². The lowest BCUT2D eigenvalue weighted by Crippen LogP contribution is -1.99. The number of hydrogen-bond acceptors (Lipinski definition) is 5. The molecule has 94 valence electrons. The Morgan fingerprint density at radius 2 is 2.33 bits per heavy atom. The number of benzene rings is 1. The first-order valence-corrected chi connectivity index (χ1v) is 6.83. The third-order valence-electron chi connectivity index (χ3n) is 2.96. The number of hydrogen-bond donors (Lipinski definition) is 1. The summed E-state index contributed by atoms with van der Waals surface area (Å²) in [5, 5.41) is 4.21. The summed E-state index contributed by atoms with van der Waals surface area (Å²) < 4.78 is 9.57. The van der Waals surface area contributed by atoms with E-state index in [2.05, 4.69) is 20.7 Å². The van der Waals surface area contributed by atoms with E-state index in [0.29, 0.717) is 5.92 Å². The van der Waals surface area contributed by atoms with E-state index >= 15 is 0 Å². The lowest BCUT2D eigenvalue weighted by molar-refractivity contribution is 0.414. The summed E-state index contributed by atoms with van der Waals surface area (Å²) in [4.78, 5) is 4.49. The molecule has 5 heteroatoms. The fraction of sp³-hybridized carbons (Fsp3) is 0.385. The molecule has 4 nitrogen and oxygen atoms in total. The van der Waals surface area contributed by atoms with Crippen LogP contribution in [0, 0.1) is 0 Å². The zero-order valence-electron chi connectivity index (χ0n) is 10.2. The number of ether oxygens (including phenoxy) is 1. The molecule has 0 spiro atoms. The molecule has 0 bridgehead atoms. The fourth-order valence-corrected chi connectivity index (χ4v) is 2.42. The average Bonchev–Trinajstić information content (AvgIpc) is 3.16. The summed E-state index contributed by atoms with van der Waals surface area (Å²) in [6.45, 7) is 0.747. The van der Waals surface area contributed by atoms with Crippen LogP contribution < -0.4 is 10.1 Å². The minimum absolute atomic E-state index is 0.619. The van der Waals surface area contributed by atoms with E-state index in [1.807, 2.05) is 18.2 Å². The maximum atomic E-state index is 5.20. The minimum atomic E-state index is 0.619. The van der Waals surface area contributed by atoms with Gasteiger partial charge in [0.05, 0.1) is 7.11 Å². The van der Waals surface area contributed by atoms with Crippen molar-refractivity contribution in [3.8, 4) is 5.75 Å². The minimum Gasteiger partial charge on any atom is -0.497 e. The third kappa shape index (κ3) is 2.61. The largest absolute Gasteiger partial charge is 0.497 e. The molecule has 2 aromatic rings. The highest BCUT2D eigenvalue weighted by molar-refractivity contribution is 7.09. The van der Waals surface area contributed by atoms with Crippen LogP contribution in [-0.2, 0) is 6.54 Å². The van der Waals surface area contributed by atoms with Gasteiger partial charge in [-0.05, 0) is 30.5 Å². The summed E-state index contributed by atoms with van der Waals surface area (Å²) in [5.41, 5.74) is 1.18. The summed E-state index contributed by atoms with van der Waals surface area (Å²) in [5.74, 6) is 2.51. The molecule has 0 radical (unpaired) electrons. The van der Waals surface area contributed by atoms with Crippen LogP contribution in [0.3, 0.4) is 0 Å². The first-order valence-electron chi connectivity index (χ1n) is 6.05. The maximum Gasteiger partial charge on any atom is 0.202 e. The van der Waals surface area contributed by atoms with E-state index in [0.717, 1.165) is 23.3 Å². The van der Waals surface area contributed by atoms with Gasteiger partial charge in [-0.1, -0.05) is 12.1 Å². The van der Waals surface area contributed by atoms with Gasteiger partial charge in [0.1, 0.15) is 11.6 Å². The predicted octanol–water partition coefficient (Wildman–Crippen LogP) is 3.04. The third-order valence-corrected chi connectivity index (χ3v) is 3.65. The molecule has 1 aromatic heterocycles. The van der Waals surface area contributed by atoms with Gasteiger partial charge in [-0.2, -0.15) is 4.37 Å². The molecule has 0 amide bonds. The standard InChI is InChI=1S/C13H15N3OS/c1-17-11-4-2-3-9(7-11)8-14-13-15-12(16-18-13)10-5-6-10/h2-4,7,10H,5-6,8H2,1H3,(H,14,15,16). The molecule has 1 saturated carbocycles. The van der Waals surface area contributed by atoms with Gasteiger partial charge in [-0.3, -0.25) is 0 Å². The zero-order valence-corrected chi connectivity index (χ0v) is 11.0. The summed E-state index contributed by atoms with van der Waals surface area (Å²) >= 11 is 1.44. The van der Waals surface area contributed by atoms with Crippen molar-refractivity contribution >= 4 is 16.7 Å². The quantitative estimate of drug-likeness (QED) is 0.898. The Balaban J connectivity index is 1.61. The second kappa shape index (κ2) is 4.94. The van der Waals surface area contributed by atoms with Crippen LogP contribution >= 0.6 is 11.5 Å². The molecule has 0 unspecified atom stereocenters. The van der Waals surface area contributed by atoms with E-state index in [-0.39, 0.29) is 0 Å². The van der Waals surface area contributed by atoms with Crippen molar-refractivity contribution in [2.24, 2.45) is 0 Å². The predicted molar refractivity (Wildman–Crippen MR) is 72.2 cm³/mol. The van der Waals surface area contributed by atoms with Gasteiger partial charge in [0, 0.05) is 24.0 Å². The van der Waals surface area contributed by atoms with E-state index in [1.165, 1.54) is 29.9 Å². The molecule has 1 aliphatic carbocycles. The lowest BCUT2D eigenvalue weighted by Gasteiger charge is -2.04. The van der Waals surface area contributed by atoms with Gasteiger partial charge in [-0.25, -0.2) is 4.98 Å². The highest BCUT2D eigenvalue weighted by Crippen LogP contribution is 2.39. The average molecular weight is 261 g/mol. The number of methoxy groups -OCH3 is 1. The second-order valence-corrected chi connectivity index (χ2v) is 5.19. The molecule has 18 heavy (non-hydrogen) atoms. The van der Waals surface area contributed by atoms with Crippen molar-refractivity contribution in [2.45, 2.75) is 25.3 Å². The summed E-state index contributed by atoms with van der Waals surface area (Å²) in [7, 11) is 1.68. The van der Waals surface area contributed by atoms with Crippen LogP contribution in [0.5, 0.6) is 5.75 Å². The van der Waals surface area contributed by atoms with Gasteiger partial charge in [-0.15, -0.1) is 0 Å². The van der Waals surface area contributed by atoms with Crippen molar-refractivity contribution in [1.29, 1.82) is 0 Å². The zero-order chi connectivity index (χ0) is 12.4. The Morgan fingerprint density at radius 1 is 1.44 bits per heavy atom. The smallest absolute Gasteiger partial charge is 0.202 e. The topological polar surface area (TPSA) is 47.0 Å². The van der Waals surface area contributed by atoms with Crippen LogP contribution in [0.2, 0.25) is 0 Å². The van der Waals surface area contributed by atoms with Crippen LogP contribution in [0.4, 0.5) is 5.13 Å². The molecular weight excluding hydrogens is 246 g/mol. The van der Waals surface area contributed by atoms with Crippen molar-refractivity contribution in [3.05, 3.63) is 35.7 Å². The van der Waals surface area contributed by atoms with Crippen LogP contribution in [0.25, 0.3) is 0 Å². The molecular formula is C13H15N3OS. The highest BCUT2D eigenvalue weighted by Gasteiger charge is 2.27. The molecule has 1 heterocycles. The fourth-order valence-electron chi connectivity index (χ4n) is 1.77. The molecule has 0 aliphatic heterocycles. The lowest BCUT2D eigenvalue weighted by atomic mass is 10.2. The Labute approximate surface area is 110 Å². The molecule has 1 aliphatic rings. The van der Waals surface area contributed by atoms with Crippen molar-refractivity contribution in [1.82, 2.24) is 9.36 Å². The Hall–Kier alpha value is -1.62. The van der Waals surface area contributed by atoms with E-state index < -0.39 is 0 Å². The molecule has 1 fully saturated rings. The molecule has 0 atom stereocenters. The van der Waals surface area contributed by atoms with Crippen LogP contribution in [0.1, 0.15) is 30.1 Å². The Morgan fingerprint density at radius 3 is 3.11 bits per heavy atom. The van der Waals surface area contributed by atoms with Crippen LogP contribution in [0.15, 0.2) is 24.3 Å².